The van der Waals surface area contributed by atoms with Crippen LogP contribution in [0.15, 0.2) is 36.1 Å². The van der Waals surface area contributed by atoms with Crippen LogP contribution in [0.1, 0.15) is 30.4 Å². The highest BCUT2D eigenvalue weighted by atomic mass is 16.5. The van der Waals surface area contributed by atoms with E-state index in [0.717, 1.165) is 42.7 Å². The molecule has 1 atom stereocenters. The summed E-state index contributed by atoms with van der Waals surface area (Å²) in [6.45, 7) is 2.03. The third-order valence-corrected chi connectivity index (χ3v) is 4.05. The quantitative estimate of drug-likeness (QED) is 0.845. The Kier molecular flexibility index (Phi) is 5.32. The van der Waals surface area contributed by atoms with Crippen LogP contribution in [-0.2, 0) is 6.42 Å². The molecule has 0 aromatic heterocycles. The zero-order valence-corrected chi connectivity index (χ0v) is 13.1. The predicted octanol–water partition coefficient (Wildman–Crippen LogP) is 4.35. The van der Waals surface area contributed by atoms with Gasteiger partial charge in [-0.25, -0.2) is 0 Å². The molecule has 0 heterocycles. The fourth-order valence-electron chi connectivity index (χ4n) is 2.85. The largest absolute Gasteiger partial charge is 0.508 e. The van der Waals surface area contributed by atoms with Gasteiger partial charge in [0, 0.05) is 5.56 Å². The minimum absolute atomic E-state index is 0.388. The van der Waals surface area contributed by atoms with Crippen LogP contribution in [0, 0.1) is 12.8 Å². The van der Waals surface area contributed by atoms with Crippen LogP contribution in [0.2, 0.25) is 0 Å². The Labute approximate surface area is 126 Å². The van der Waals surface area contributed by atoms with E-state index < -0.39 is 0 Å². The van der Waals surface area contributed by atoms with Crippen molar-refractivity contribution in [2.45, 2.75) is 32.6 Å². The summed E-state index contributed by atoms with van der Waals surface area (Å²) in [5.41, 5.74) is 2.29. The number of hydrogen-bond donors (Lipinski definition) is 1. The fraction of sp³-hybridized carbons (Fsp3) is 0.444. The van der Waals surface area contributed by atoms with Crippen LogP contribution in [0.3, 0.4) is 0 Å². The van der Waals surface area contributed by atoms with Gasteiger partial charge in [-0.1, -0.05) is 12.1 Å². The molecule has 1 aliphatic carbocycles. The van der Waals surface area contributed by atoms with Gasteiger partial charge in [0.25, 0.3) is 0 Å². The van der Waals surface area contributed by atoms with Gasteiger partial charge in [0.1, 0.15) is 17.3 Å². The summed E-state index contributed by atoms with van der Waals surface area (Å²) in [6.07, 6.45) is 9.94. The second kappa shape index (κ2) is 7.21. The van der Waals surface area contributed by atoms with Crippen molar-refractivity contribution in [2.24, 2.45) is 5.92 Å². The lowest BCUT2D eigenvalue weighted by Crippen LogP contribution is -2.02. The first-order valence-corrected chi connectivity index (χ1v) is 7.43. The number of aliphatic hydroxyl groups excluding tert-OH is 1. The summed E-state index contributed by atoms with van der Waals surface area (Å²) >= 11 is 0. The number of rotatable bonds is 6. The molecule has 0 fully saturated rings. The van der Waals surface area contributed by atoms with Gasteiger partial charge in [-0.15, -0.1) is 0 Å². The maximum absolute atomic E-state index is 9.32. The van der Waals surface area contributed by atoms with Gasteiger partial charge in [-0.05, 0) is 62.3 Å². The molecule has 0 radical (unpaired) electrons. The zero-order valence-electron chi connectivity index (χ0n) is 13.1. The van der Waals surface area contributed by atoms with E-state index in [1.807, 2.05) is 19.1 Å². The lowest BCUT2D eigenvalue weighted by Gasteiger charge is -2.16. The average Bonchev–Trinajstić information content (AvgIpc) is 2.49. The molecule has 2 rings (SSSR count). The van der Waals surface area contributed by atoms with Crippen molar-refractivity contribution in [3.8, 4) is 11.5 Å². The standard InChI is InChI=1S/C18H24O3/c1-13-17(20-2)12-9-15(18(13)21-3)6-4-5-14-7-10-16(19)11-8-14/h7,9-12,14,19H,4-6,8H2,1-3H3. The smallest absolute Gasteiger partial charge is 0.128 e. The normalized spacial score (nSPS) is 17.5. The SMILES string of the molecule is COc1ccc(CCCC2C=CC(O)=CC2)c(OC)c1C. The molecule has 3 nitrogen and oxygen atoms in total. The summed E-state index contributed by atoms with van der Waals surface area (Å²) < 4.78 is 10.9. The molecule has 0 aliphatic heterocycles. The minimum Gasteiger partial charge on any atom is -0.508 e. The second-order valence-electron chi connectivity index (χ2n) is 5.46. The van der Waals surface area contributed by atoms with Gasteiger partial charge in [-0.3, -0.25) is 0 Å². The van der Waals surface area contributed by atoms with Crippen LogP contribution in [0.4, 0.5) is 0 Å². The molecule has 0 amide bonds. The Balaban J connectivity index is 1.94. The van der Waals surface area contributed by atoms with E-state index >= 15 is 0 Å². The van der Waals surface area contributed by atoms with Crippen molar-refractivity contribution in [1.29, 1.82) is 0 Å². The Morgan fingerprint density at radius 2 is 2.05 bits per heavy atom. The summed E-state index contributed by atoms with van der Waals surface area (Å²) in [4.78, 5) is 0. The van der Waals surface area contributed by atoms with Crippen LogP contribution < -0.4 is 9.47 Å². The number of ether oxygens (including phenoxy) is 2. The van der Waals surface area contributed by atoms with E-state index in [1.165, 1.54) is 5.56 Å². The van der Waals surface area contributed by atoms with Crippen molar-refractivity contribution in [1.82, 2.24) is 0 Å². The molecule has 0 saturated heterocycles. The molecule has 1 unspecified atom stereocenters. The first-order chi connectivity index (χ1) is 10.2. The molecule has 1 aromatic carbocycles. The number of aryl methyl sites for hydroxylation is 1. The second-order valence-corrected chi connectivity index (χ2v) is 5.46. The summed E-state index contributed by atoms with van der Waals surface area (Å²) in [5, 5.41) is 9.32. The van der Waals surface area contributed by atoms with E-state index in [1.54, 1.807) is 20.3 Å². The molecular weight excluding hydrogens is 264 g/mol. The van der Waals surface area contributed by atoms with Gasteiger partial charge in [0.05, 0.1) is 14.2 Å². The molecule has 0 spiro atoms. The Morgan fingerprint density at radius 1 is 1.24 bits per heavy atom. The number of benzene rings is 1. The van der Waals surface area contributed by atoms with Crippen LogP contribution in [-0.4, -0.2) is 19.3 Å². The first kappa shape index (κ1) is 15.5. The number of methoxy groups -OCH3 is 2. The van der Waals surface area contributed by atoms with E-state index in [-0.39, 0.29) is 0 Å². The van der Waals surface area contributed by atoms with Gasteiger partial charge < -0.3 is 14.6 Å². The van der Waals surface area contributed by atoms with Crippen LogP contribution in [0.25, 0.3) is 0 Å². The summed E-state index contributed by atoms with van der Waals surface area (Å²) in [6, 6.07) is 4.10. The van der Waals surface area contributed by atoms with E-state index in [9.17, 15) is 5.11 Å². The van der Waals surface area contributed by atoms with Gasteiger partial charge >= 0.3 is 0 Å². The Morgan fingerprint density at radius 3 is 2.67 bits per heavy atom. The van der Waals surface area contributed by atoms with Gasteiger partial charge in [0.2, 0.25) is 0 Å². The third-order valence-electron chi connectivity index (χ3n) is 4.05. The molecule has 21 heavy (non-hydrogen) atoms. The van der Waals surface area contributed by atoms with Crippen LogP contribution >= 0.6 is 0 Å². The zero-order chi connectivity index (χ0) is 15.2. The lowest BCUT2D eigenvalue weighted by atomic mass is 9.93. The average molecular weight is 288 g/mol. The van der Waals surface area contributed by atoms with Gasteiger partial charge in [-0.2, -0.15) is 0 Å². The highest BCUT2D eigenvalue weighted by Crippen LogP contribution is 2.32. The monoisotopic (exact) mass is 288 g/mol. The molecule has 114 valence electrons. The van der Waals surface area contributed by atoms with Crippen molar-refractivity contribution < 1.29 is 14.6 Å². The Hall–Kier alpha value is -1.90. The van der Waals surface area contributed by atoms with Crippen molar-refractivity contribution in [2.75, 3.05) is 14.2 Å². The lowest BCUT2D eigenvalue weighted by molar-refractivity contribution is 0.384. The van der Waals surface area contributed by atoms with Crippen molar-refractivity contribution >= 4 is 0 Å². The van der Waals surface area contributed by atoms with E-state index in [0.29, 0.717) is 11.7 Å². The predicted molar refractivity (Wildman–Crippen MR) is 85.2 cm³/mol. The maximum Gasteiger partial charge on any atom is 0.128 e. The summed E-state index contributed by atoms with van der Waals surface area (Å²) in [5.74, 6) is 2.72. The van der Waals surface area contributed by atoms with Crippen LogP contribution in [0.5, 0.6) is 11.5 Å². The molecule has 3 heteroatoms. The number of aliphatic hydroxyl groups is 1. The molecule has 1 aliphatic rings. The van der Waals surface area contributed by atoms with Gasteiger partial charge in [0.15, 0.2) is 0 Å². The highest BCUT2D eigenvalue weighted by molar-refractivity contribution is 5.49. The Bertz CT molecular complexity index is 544. The number of hydrogen-bond acceptors (Lipinski definition) is 3. The topological polar surface area (TPSA) is 38.7 Å². The molecule has 0 bridgehead atoms. The summed E-state index contributed by atoms with van der Waals surface area (Å²) in [7, 11) is 3.39. The molecule has 0 saturated carbocycles. The first-order valence-electron chi connectivity index (χ1n) is 7.43. The molecular formula is C18H24O3. The minimum atomic E-state index is 0.388. The molecule has 1 N–H and O–H groups in total. The van der Waals surface area contributed by atoms with Crippen molar-refractivity contribution in [3.05, 3.63) is 47.2 Å². The van der Waals surface area contributed by atoms with E-state index in [2.05, 4.69) is 12.1 Å². The third kappa shape index (κ3) is 3.81. The highest BCUT2D eigenvalue weighted by Gasteiger charge is 2.12. The van der Waals surface area contributed by atoms with E-state index in [4.69, 9.17) is 9.47 Å². The van der Waals surface area contributed by atoms with Crippen molar-refractivity contribution in [3.63, 3.8) is 0 Å². The molecule has 1 aromatic rings. The number of allylic oxidation sites excluding steroid dienone is 3. The maximum atomic E-state index is 9.32. The fourth-order valence-corrected chi connectivity index (χ4v) is 2.85.